The minimum absolute atomic E-state index is 0.280. The Bertz CT molecular complexity index is 502. The fourth-order valence-electron chi connectivity index (χ4n) is 1.38. The fraction of sp³-hybridized carbons (Fsp3) is 0.308. The van der Waals surface area contributed by atoms with Gasteiger partial charge < -0.3 is 9.15 Å². The van der Waals surface area contributed by atoms with Gasteiger partial charge in [-0.1, -0.05) is 0 Å². The minimum Gasteiger partial charge on any atom is -0.438 e. The number of methoxy groups -OCH3 is 1. The van der Waals surface area contributed by atoms with E-state index in [4.69, 9.17) is 9.15 Å². The Balaban J connectivity index is 2.33. The summed E-state index contributed by atoms with van der Waals surface area (Å²) in [5.41, 5.74) is 0.218. The molecule has 2 aromatic rings. The number of ether oxygens (including phenoxy) is 1. The largest absolute Gasteiger partial charge is 0.438 e. The number of aromatic nitrogens is 1. The summed E-state index contributed by atoms with van der Waals surface area (Å²) >= 11 is 0. The van der Waals surface area contributed by atoms with Crippen LogP contribution in [0.15, 0.2) is 34.9 Å². The predicted octanol–water partition coefficient (Wildman–Crippen LogP) is 3.36. The molecule has 1 aromatic carbocycles. The van der Waals surface area contributed by atoms with Crippen molar-refractivity contribution in [1.29, 1.82) is 0 Å². The van der Waals surface area contributed by atoms with Gasteiger partial charge in [-0.3, -0.25) is 0 Å². The van der Waals surface area contributed by atoms with Crippen molar-refractivity contribution in [2.45, 2.75) is 19.4 Å². The Morgan fingerprint density at radius 1 is 1.24 bits per heavy atom. The third kappa shape index (κ3) is 2.36. The second kappa shape index (κ2) is 4.30. The molecule has 4 heteroatoms. The molecule has 0 unspecified atom stereocenters. The van der Waals surface area contributed by atoms with E-state index in [1.165, 1.54) is 12.1 Å². The number of rotatable bonds is 3. The van der Waals surface area contributed by atoms with Crippen molar-refractivity contribution < 1.29 is 13.5 Å². The molecule has 90 valence electrons. The van der Waals surface area contributed by atoms with E-state index in [-0.39, 0.29) is 5.82 Å². The van der Waals surface area contributed by atoms with Crippen LogP contribution >= 0.6 is 0 Å². The van der Waals surface area contributed by atoms with Crippen LogP contribution in [-0.2, 0) is 10.3 Å². The van der Waals surface area contributed by atoms with Crippen molar-refractivity contribution in [3.8, 4) is 11.5 Å². The van der Waals surface area contributed by atoms with Gasteiger partial charge in [0.25, 0.3) is 0 Å². The number of nitrogens with zero attached hydrogens (tertiary/aromatic N) is 1. The zero-order valence-corrected chi connectivity index (χ0v) is 10.0. The third-order valence-corrected chi connectivity index (χ3v) is 2.70. The van der Waals surface area contributed by atoms with Crippen molar-refractivity contribution in [3.63, 3.8) is 0 Å². The van der Waals surface area contributed by atoms with Gasteiger partial charge in [0.2, 0.25) is 5.89 Å². The van der Waals surface area contributed by atoms with E-state index in [1.54, 1.807) is 25.4 Å². The second-order valence-corrected chi connectivity index (χ2v) is 4.25. The van der Waals surface area contributed by atoms with Gasteiger partial charge in [0.1, 0.15) is 11.4 Å². The molecular formula is C13H14FNO2. The molecule has 3 nitrogen and oxygen atoms in total. The summed E-state index contributed by atoms with van der Waals surface area (Å²) < 4.78 is 23.7. The van der Waals surface area contributed by atoms with Gasteiger partial charge in [0, 0.05) is 12.7 Å². The van der Waals surface area contributed by atoms with Gasteiger partial charge in [-0.25, -0.2) is 9.37 Å². The van der Waals surface area contributed by atoms with E-state index < -0.39 is 5.60 Å². The van der Waals surface area contributed by atoms with Crippen LogP contribution in [0.5, 0.6) is 0 Å². The first-order valence-corrected chi connectivity index (χ1v) is 5.30. The van der Waals surface area contributed by atoms with E-state index in [1.807, 2.05) is 13.8 Å². The fourth-order valence-corrected chi connectivity index (χ4v) is 1.38. The average Bonchev–Trinajstić information content (AvgIpc) is 2.80. The predicted molar refractivity (Wildman–Crippen MR) is 61.9 cm³/mol. The number of hydrogen-bond acceptors (Lipinski definition) is 3. The van der Waals surface area contributed by atoms with Crippen LogP contribution in [0, 0.1) is 5.82 Å². The van der Waals surface area contributed by atoms with Gasteiger partial charge in [0.15, 0.2) is 5.76 Å². The lowest BCUT2D eigenvalue weighted by atomic mass is 10.1. The van der Waals surface area contributed by atoms with Crippen molar-refractivity contribution in [2.24, 2.45) is 0 Å². The molecule has 0 N–H and O–H groups in total. The second-order valence-electron chi connectivity index (χ2n) is 4.25. The Morgan fingerprint density at radius 2 is 1.88 bits per heavy atom. The molecule has 0 bridgehead atoms. The summed E-state index contributed by atoms with van der Waals surface area (Å²) in [6, 6.07) is 6.01. The summed E-state index contributed by atoms with van der Waals surface area (Å²) in [6.07, 6.45) is 1.63. The zero-order chi connectivity index (χ0) is 12.5. The van der Waals surface area contributed by atoms with Gasteiger partial charge >= 0.3 is 0 Å². The van der Waals surface area contributed by atoms with Crippen LogP contribution in [0.2, 0.25) is 0 Å². The van der Waals surface area contributed by atoms with Crippen LogP contribution < -0.4 is 0 Å². The molecule has 0 saturated carbocycles. The van der Waals surface area contributed by atoms with E-state index >= 15 is 0 Å². The van der Waals surface area contributed by atoms with E-state index in [0.717, 1.165) is 5.56 Å². The van der Waals surface area contributed by atoms with Crippen molar-refractivity contribution in [3.05, 3.63) is 42.0 Å². The third-order valence-electron chi connectivity index (χ3n) is 2.70. The maximum atomic E-state index is 12.8. The first kappa shape index (κ1) is 11.8. The quantitative estimate of drug-likeness (QED) is 0.818. The minimum atomic E-state index is -0.523. The highest BCUT2D eigenvalue weighted by molar-refractivity contribution is 5.52. The first-order valence-electron chi connectivity index (χ1n) is 5.30. The summed E-state index contributed by atoms with van der Waals surface area (Å²) in [6.45, 7) is 3.78. The molecule has 1 aromatic heterocycles. The van der Waals surface area contributed by atoms with Crippen LogP contribution in [-0.4, -0.2) is 12.1 Å². The van der Waals surface area contributed by atoms with Crippen molar-refractivity contribution in [2.75, 3.05) is 7.11 Å². The maximum absolute atomic E-state index is 12.8. The number of benzene rings is 1. The summed E-state index contributed by atoms with van der Waals surface area (Å²) in [5, 5.41) is 0. The lowest BCUT2D eigenvalue weighted by molar-refractivity contribution is 0.00139. The number of hydrogen-bond donors (Lipinski definition) is 0. The molecule has 1 heterocycles. The molecule has 0 aliphatic rings. The monoisotopic (exact) mass is 235 g/mol. The van der Waals surface area contributed by atoms with Crippen LogP contribution in [0.4, 0.5) is 4.39 Å². The summed E-state index contributed by atoms with van der Waals surface area (Å²) in [7, 11) is 1.61. The molecule has 0 aliphatic carbocycles. The van der Waals surface area contributed by atoms with E-state index in [0.29, 0.717) is 11.7 Å². The lowest BCUT2D eigenvalue weighted by Crippen LogP contribution is -2.18. The zero-order valence-electron chi connectivity index (χ0n) is 10.0. The van der Waals surface area contributed by atoms with E-state index in [2.05, 4.69) is 4.98 Å². The van der Waals surface area contributed by atoms with Gasteiger partial charge in [0.05, 0.1) is 6.20 Å². The summed E-state index contributed by atoms with van der Waals surface area (Å²) in [4.78, 5) is 4.16. The Morgan fingerprint density at radius 3 is 2.47 bits per heavy atom. The molecule has 0 saturated heterocycles. The highest BCUT2D eigenvalue weighted by Gasteiger charge is 2.24. The highest BCUT2D eigenvalue weighted by atomic mass is 19.1. The molecule has 17 heavy (non-hydrogen) atoms. The highest BCUT2D eigenvalue weighted by Crippen LogP contribution is 2.28. The maximum Gasteiger partial charge on any atom is 0.226 e. The lowest BCUT2D eigenvalue weighted by Gasteiger charge is -2.18. The Hall–Kier alpha value is -1.68. The number of halogens is 1. The Labute approximate surface area is 99.2 Å². The van der Waals surface area contributed by atoms with Gasteiger partial charge in [-0.2, -0.15) is 0 Å². The molecule has 0 atom stereocenters. The SMILES string of the molecule is COC(C)(C)c1cnc(-c2ccc(F)cc2)o1. The van der Waals surface area contributed by atoms with E-state index in [9.17, 15) is 4.39 Å². The first-order chi connectivity index (χ1) is 8.03. The van der Waals surface area contributed by atoms with Gasteiger partial charge in [-0.15, -0.1) is 0 Å². The molecule has 2 rings (SSSR count). The van der Waals surface area contributed by atoms with Crippen LogP contribution in [0.3, 0.4) is 0 Å². The molecule has 0 fully saturated rings. The number of oxazole rings is 1. The Kier molecular flexibility index (Phi) is 2.98. The topological polar surface area (TPSA) is 35.3 Å². The molecule has 0 spiro atoms. The van der Waals surface area contributed by atoms with Gasteiger partial charge in [-0.05, 0) is 38.1 Å². The standard InChI is InChI=1S/C13H14FNO2/c1-13(2,16-3)11-8-15-12(17-11)9-4-6-10(14)7-5-9/h4-8H,1-3H3. The summed E-state index contributed by atoms with van der Waals surface area (Å²) in [5.74, 6) is 0.821. The average molecular weight is 235 g/mol. The van der Waals surface area contributed by atoms with Crippen LogP contribution in [0.25, 0.3) is 11.5 Å². The van der Waals surface area contributed by atoms with Crippen molar-refractivity contribution >= 4 is 0 Å². The smallest absolute Gasteiger partial charge is 0.226 e. The molecule has 0 aliphatic heterocycles. The van der Waals surface area contributed by atoms with Crippen LogP contribution in [0.1, 0.15) is 19.6 Å². The normalized spacial score (nSPS) is 11.8. The molecule has 0 amide bonds. The molecule has 0 radical (unpaired) electrons. The molecular weight excluding hydrogens is 221 g/mol. The van der Waals surface area contributed by atoms with Crippen molar-refractivity contribution in [1.82, 2.24) is 4.98 Å².